The lowest BCUT2D eigenvalue weighted by molar-refractivity contribution is 0.181. The largest absolute Gasteiger partial charge is 0.447 e. The molecule has 1 heterocycles. The van der Waals surface area contributed by atoms with Gasteiger partial charge in [0.1, 0.15) is 12.4 Å². The molecule has 132 valence electrons. The molecule has 0 radical (unpaired) electrons. The molecule has 0 unspecified atom stereocenters. The fourth-order valence-electron chi connectivity index (χ4n) is 2.54. The van der Waals surface area contributed by atoms with Crippen molar-refractivity contribution < 1.29 is 22.3 Å². The van der Waals surface area contributed by atoms with Gasteiger partial charge in [-0.3, -0.25) is 4.90 Å². The number of nitrogens with one attached hydrogen (secondary N) is 1. The first-order valence-electron chi connectivity index (χ1n) is 7.75. The van der Waals surface area contributed by atoms with Crippen molar-refractivity contribution in [2.45, 2.75) is 11.3 Å². The molecule has 25 heavy (non-hydrogen) atoms. The van der Waals surface area contributed by atoms with Crippen LogP contribution in [0.5, 0.6) is 0 Å². The van der Waals surface area contributed by atoms with Crippen LogP contribution in [0.2, 0.25) is 0 Å². The van der Waals surface area contributed by atoms with Crippen molar-refractivity contribution in [1.82, 2.24) is 4.72 Å². The minimum absolute atomic E-state index is 0.0809. The second kappa shape index (κ2) is 7.20. The Labute approximate surface area is 145 Å². The third-order valence-electron chi connectivity index (χ3n) is 3.86. The Bertz CT molecular complexity index is 868. The van der Waals surface area contributed by atoms with Gasteiger partial charge in [0.15, 0.2) is 0 Å². The molecule has 1 aliphatic heterocycles. The van der Waals surface area contributed by atoms with Crippen LogP contribution in [0.15, 0.2) is 53.4 Å². The molecular weight excluding hydrogens is 347 g/mol. The second-order valence-corrected chi connectivity index (χ2v) is 7.27. The molecule has 1 aliphatic rings. The normalized spacial score (nSPS) is 14.6. The number of cyclic esters (lactones) is 1. The van der Waals surface area contributed by atoms with Crippen molar-refractivity contribution in [3.8, 4) is 0 Å². The highest BCUT2D eigenvalue weighted by molar-refractivity contribution is 7.89. The van der Waals surface area contributed by atoms with E-state index in [-0.39, 0.29) is 23.7 Å². The second-order valence-electron chi connectivity index (χ2n) is 5.50. The average molecular weight is 364 g/mol. The number of carbonyl (C=O) groups excluding carboxylic acids is 1. The SMILES string of the molecule is O=C1OCCN1c1ccc(S(=O)(=O)NCCc2ccccc2F)cc1. The van der Waals surface area contributed by atoms with Crippen LogP contribution in [0.4, 0.5) is 14.9 Å². The number of hydrogen-bond donors (Lipinski definition) is 1. The summed E-state index contributed by atoms with van der Waals surface area (Å²) in [7, 11) is -3.70. The molecule has 0 aromatic heterocycles. The Morgan fingerprint density at radius 3 is 2.48 bits per heavy atom. The van der Waals surface area contributed by atoms with Crippen LogP contribution in [-0.4, -0.2) is 34.2 Å². The number of amides is 1. The predicted octanol–water partition coefficient (Wildman–Crippen LogP) is 2.30. The van der Waals surface area contributed by atoms with E-state index in [1.165, 1.54) is 23.1 Å². The number of ether oxygens (including phenoxy) is 1. The van der Waals surface area contributed by atoms with Crippen LogP contribution < -0.4 is 9.62 Å². The molecule has 6 nitrogen and oxygen atoms in total. The van der Waals surface area contributed by atoms with Gasteiger partial charge in [0, 0.05) is 12.2 Å². The molecular formula is C17H17FN2O4S. The lowest BCUT2D eigenvalue weighted by Crippen LogP contribution is -2.26. The van der Waals surface area contributed by atoms with Crippen LogP contribution in [0.1, 0.15) is 5.56 Å². The van der Waals surface area contributed by atoms with E-state index in [1.807, 2.05) is 0 Å². The first-order chi connectivity index (χ1) is 12.0. The number of nitrogens with zero attached hydrogens (tertiary/aromatic N) is 1. The summed E-state index contributed by atoms with van der Waals surface area (Å²) in [5, 5.41) is 0. The van der Waals surface area contributed by atoms with Crippen LogP contribution in [0.3, 0.4) is 0 Å². The maximum absolute atomic E-state index is 13.5. The van der Waals surface area contributed by atoms with Crippen molar-refractivity contribution in [3.63, 3.8) is 0 Å². The van der Waals surface area contributed by atoms with Crippen LogP contribution >= 0.6 is 0 Å². The monoisotopic (exact) mass is 364 g/mol. The molecule has 2 aromatic carbocycles. The van der Waals surface area contributed by atoms with Gasteiger partial charge in [-0.15, -0.1) is 0 Å². The summed E-state index contributed by atoms with van der Waals surface area (Å²) in [5.41, 5.74) is 1.03. The van der Waals surface area contributed by atoms with E-state index in [2.05, 4.69) is 4.72 Å². The Morgan fingerprint density at radius 1 is 1.12 bits per heavy atom. The van der Waals surface area contributed by atoms with E-state index in [1.54, 1.807) is 30.3 Å². The molecule has 0 atom stereocenters. The zero-order valence-corrected chi connectivity index (χ0v) is 14.1. The Kier molecular flexibility index (Phi) is 5.00. The molecule has 2 aromatic rings. The van der Waals surface area contributed by atoms with Gasteiger partial charge in [-0.25, -0.2) is 22.3 Å². The fraction of sp³-hybridized carbons (Fsp3) is 0.235. The topological polar surface area (TPSA) is 75.7 Å². The van der Waals surface area contributed by atoms with Crippen molar-refractivity contribution in [1.29, 1.82) is 0 Å². The van der Waals surface area contributed by atoms with E-state index in [4.69, 9.17) is 4.74 Å². The van der Waals surface area contributed by atoms with Crippen molar-refractivity contribution in [3.05, 3.63) is 59.9 Å². The molecule has 1 saturated heterocycles. The molecule has 1 N–H and O–H groups in total. The number of sulfonamides is 1. The summed E-state index contributed by atoms with van der Waals surface area (Å²) in [6.07, 6.45) is -0.192. The maximum atomic E-state index is 13.5. The van der Waals surface area contributed by atoms with Crippen molar-refractivity contribution in [2.75, 3.05) is 24.6 Å². The smallest absolute Gasteiger partial charge is 0.414 e. The van der Waals surface area contributed by atoms with Crippen LogP contribution in [0, 0.1) is 5.82 Å². The Hall–Kier alpha value is -2.45. The van der Waals surface area contributed by atoms with Gasteiger partial charge in [-0.05, 0) is 42.3 Å². The van der Waals surface area contributed by atoms with E-state index in [0.29, 0.717) is 24.4 Å². The maximum Gasteiger partial charge on any atom is 0.414 e. The first-order valence-corrected chi connectivity index (χ1v) is 9.23. The number of benzene rings is 2. The standard InChI is InChI=1S/C17H17FN2O4S/c18-16-4-2-1-3-13(16)9-10-19-25(22,23)15-7-5-14(6-8-15)20-11-12-24-17(20)21/h1-8,19H,9-12H2. The van der Waals surface area contributed by atoms with E-state index in [9.17, 15) is 17.6 Å². The summed E-state index contributed by atoms with van der Waals surface area (Å²) in [4.78, 5) is 13.0. The molecule has 0 saturated carbocycles. The predicted molar refractivity (Wildman–Crippen MR) is 90.4 cm³/mol. The third kappa shape index (κ3) is 3.97. The lowest BCUT2D eigenvalue weighted by atomic mass is 10.1. The summed E-state index contributed by atoms with van der Waals surface area (Å²) < 4.78 is 45.4. The zero-order chi connectivity index (χ0) is 17.9. The molecule has 1 fully saturated rings. The number of halogens is 1. The van der Waals surface area contributed by atoms with Gasteiger partial charge in [0.2, 0.25) is 10.0 Å². The first kappa shape index (κ1) is 17.4. The van der Waals surface area contributed by atoms with E-state index < -0.39 is 16.1 Å². The minimum Gasteiger partial charge on any atom is -0.447 e. The zero-order valence-electron chi connectivity index (χ0n) is 13.3. The van der Waals surface area contributed by atoms with Gasteiger partial charge in [-0.2, -0.15) is 0 Å². The van der Waals surface area contributed by atoms with Crippen LogP contribution in [-0.2, 0) is 21.2 Å². The highest BCUT2D eigenvalue weighted by Crippen LogP contribution is 2.21. The van der Waals surface area contributed by atoms with Crippen molar-refractivity contribution in [2.24, 2.45) is 0 Å². The molecule has 0 bridgehead atoms. The highest BCUT2D eigenvalue weighted by atomic mass is 32.2. The summed E-state index contributed by atoms with van der Waals surface area (Å²) in [6.45, 7) is 0.839. The quantitative estimate of drug-likeness (QED) is 0.853. The molecule has 0 aliphatic carbocycles. The van der Waals surface area contributed by atoms with Gasteiger partial charge in [-0.1, -0.05) is 18.2 Å². The molecule has 8 heteroatoms. The summed E-state index contributed by atoms with van der Waals surface area (Å²) in [5.74, 6) is -0.358. The van der Waals surface area contributed by atoms with Gasteiger partial charge < -0.3 is 4.74 Å². The van der Waals surface area contributed by atoms with Crippen molar-refractivity contribution >= 4 is 21.8 Å². The average Bonchev–Trinajstić information content (AvgIpc) is 3.03. The Morgan fingerprint density at radius 2 is 1.84 bits per heavy atom. The highest BCUT2D eigenvalue weighted by Gasteiger charge is 2.24. The molecule has 1 amide bonds. The molecule has 3 rings (SSSR count). The van der Waals surface area contributed by atoms with Gasteiger partial charge >= 0.3 is 6.09 Å². The molecule has 0 spiro atoms. The van der Waals surface area contributed by atoms with Gasteiger partial charge in [0.25, 0.3) is 0 Å². The third-order valence-corrected chi connectivity index (χ3v) is 5.34. The van der Waals surface area contributed by atoms with Crippen LogP contribution in [0.25, 0.3) is 0 Å². The lowest BCUT2D eigenvalue weighted by Gasteiger charge is -2.13. The number of anilines is 1. The summed E-state index contributed by atoms with van der Waals surface area (Å²) in [6, 6.07) is 12.2. The van der Waals surface area contributed by atoms with E-state index in [0.717, 1.165) is 0 Å². The fourth-order valence-corrected chi connectivity index (χ4v) is 3.57. The van der Waals surface area contributed by atoms with Gasteiger partial charge in [0.05, 0.1) is 11.4 Å². The minimum atomic E-state index is -3.70. The number of rotatable bonds is 6. The Balaban J connectivity index is 1.64. The van der Waals surface area contributed by atoms with E-state index >= 15 is 0 Å². The number of hydrogen-bond acceptors (Lipinski definition) is 4. The number of carbonyl (C=O) groups is 1. The summed E-state index contributed by atoms with van der Waals surface area (Å²) >= 11 is 0.